The molecule has 0 amide bonds. The Hall–Kier alpha value is -0.210. The van der Waals surface area contributed by atoms with Gasteiger partial charge < -0.3 is 9.84 Å². The molecule has 0 aromatic carbocycles. The van der Waals surface area contributed by atoms with Crippen molar-refractivity contribution in [3.8, 4) is 0 Å². The summed E-state index contributed by atoms with van der Waals surface area (Å²) >= 11 is 0. The van der Waals surface area contributed by atoms with Gasteiger partial charge in [0.2, 0.25) is 0 Å². The van der Waals surface area contributed by atoms with Crippen molar-refractivity contribution >= 4 is 10.3 Å². The Balaban J connectivity index is 2.09. The molecule has 82 valence electrons. The monoisotopic (exact) mass is 223 g/mol. The van der Waals surface area contributed by atoms with E-state index in [0.717, 1.165) is 6.42 Å². The third kappa shape index (κ3) is 2.06. The summed E-state index contributed by atoms with van der Waals surface area (Å²) in [6, 6.07) is -0.719. The van der Waals surface area contributed by atoms with E-state index in [1.54, 1.807) is 0 Å². The van der Waals surface area contributed by atoms with Crippen LogP contribution in [-0.2, 0) is 15.0 Å². The van der Waals surface area contributed by atoms with E-state index in [-0.39, 0.29) is 6.10 Å². The molecule has 2 aliphatic rings. The Morgan fingerprint density at radius 3 is 2.71 bits per heavy atom. The van der Waals surface area contributed by atoms with E-state index in [1.807, 2.05) is 4.72 Å². The van der Waals surface area contributed by atoms with Crippen LogP contribution in [0.4, 0.5) is 0 Å². The van der Waals surface area contributed by atoms with Crippen LogP contribution in [0.25, 0.3) is 0 Å². The van der Waals surface area contributed by atoms with Gasteiger partial charge in [0.25, 0.3) is 0 Å². The Kier molecular flexibility index (Phi) is 2.52. The lowest BCUT2D eigenvalue weighted by Crippen LogP contribution is -2.52. The third-order valence-electron chi connectivity index (χ3n) is 2.79. The highest BCUT2D eigenvalue weighted by Gasteiger charge is 2.43. The molecule has 0 spiro atoms. The van der Waals surface area contributed by atoms with Gasteiger partial charge in [-0.25, -0.2) is 0 Å². The molecule has 2 rings (SSSR count). The molecule has 1 saturated heterocycles. The maximum atomic E-state index is 10.6. The van der Waals surface area contributed by atoms with Gasteiger partial charge in [-0.05, 0) is 18.8 Å². The zero-order valence-electron chi connectivity index (χ0n) is 7.46. The molecule has 6 nitrogen and oxygen atoms in total. The largest absolute Gasteiger partial charge is 0.391 e. The SMILES string of the molecule is O=S(=O)(O)NC1[C@H](O)CC2CO[C@@H]1C2. The predicted molar refractivity (Wildman–Crippen MR) is 46.9 cm³/mol. The molecule has 0 radical (unpaired) electrons. The van der Waals surface area contributed by atoms with E-state index in [2.05, 4.69) is 0 Å². The van der Waals surface area contributed by atoms with Crippen LogP contribution in [0.2, 0.25) is 0 Å². The van der Waals surface area contributed by atoms with Crippen molar-refractivity contribution in [2.75, 3.05) is 6.61 Å². The summed E-state index contributed by atoms with van der Waals surface area (Å²) in [5.74, 6) is 0.314. The maximum Gasteiger partial charge on any atom is 0.333 e. The standard InChI is InChI=1S/C7H13NO5S/c9-5-1-4-2-6(13-3-4)7(5)8-14(10,11)12/h4-9H,1-3H2,(H,10,11,12)/t4?,5-,6-,7?/m1/s1. The average molecular weight is 223 g/mol. The van der Waals surface area contributed by atoms with Crippen LogP contribution in [0.15, 0.2) is 0 Å². The number of fused-ring (bicyclic) bond motifs is 2. The van der Waals surface area contributed by atoms with Gasteiger partial charge in [0.1, 0.15) is 0 Å². The van der Waals surface area contributed by atoms with Crippen molar-refractivity contribution in [2.45, 2.75) is 31.1 Å². The molecule has 4 atom stereocenters. The summed E-state index contributed by atoms with van der Waals surface area (Å²) < 4.78 is 37.1. The van der Waals surface area contributed by atoms with Crippen LogP contribution in [-0.4, -0.2) is 42.9 Å². The molecule has 7 heteroatoms. The molecule has 1 aliphatic carbocycles. The van der Waals surface area contributed by atoms with Crippen LogP contribution in [0.1, 0.15) is 12.8 Å². The first-order valence-corrected chi connectivity index (χ1v) is 5.94. The second-order valence-electron chi connectivity index (χ2n) is 3.90. The second-order valence-corrected chi connectivity index (χ2v) is 5.08. The molecule has 2 fully saturated rings. The summed E-state index contributed by atoms with van der Waals surface area (Å²) in [6.45, 7) is 0.561. The average Bonchev–Trinajstić information content (AvgIpc) is 2.41. The van der Waals surface area contributed by atoms with Crippen LogP contribution >= 0.6 is 0 Å². The van der Waals surface area contributed by atoms with E-state index in [4.69, 9.17) is 9.29 Å². The number of ether oxygens (including phenoxy) is 1. The fraction of sp³-hybridized carbons (Fsp3) is 1.00. The van der Waals surface area contributed by atoms with Crippen LogP contribution < -0.4 is 4.72 Å². The van der Waals surface area contributed by atoms with Crippen LogP contribution in [0.3, 0.4) is 0 Å². The smallest absolute Gasteiger partial charge is 0.333 e. The predicted octanol–water partition coefficient (Wildman–Crippen LogP) is -1.08. The summed E-state index contributed by atoms with van der Waals surface area (Å²) in [5.41, 5.74) is 0. The summed E-state index contributed by atoms with van der Waals surface area (Å²) in [4.78, 5) is 0. The quantitative estimate of drug-likeness (QED) is 0.517. The van der Waals surface area contributed by atoms with Crippen molar-refractivity contribution in [2.24, 2.45) is 5.92 Å². The molecular formula is C7H13NO5S. The highest BCUT2D eigenvalue weighted by Crippen LogP contribution is 2.33. The first-order valence-electron chi connectivity index (χ1n) is 4.50. The Morgan fingerprint density at radius 1 is 1.36 bits per heavy atom. The van der Waals surface area contributed by atoms with Crippen LogP contribution in [0.5, 0.6) is 0 Å². The summed E-state index contributed by atoms with van der Waals surface area (Å²) in [6.07, 6.45) is 0.169. The van der Waals surface area contributed by atoms with Gasteiger partial charge in [0.05, 0.1) is 24.9 Å². The van der Waals surface area contributed by atoms with Gasteiger partial charge in [-0.1, -0.05) is 0 Å². The van der Waals surface area contributed by atoms with Crippen LogP contribution in [0, 0.1) is 5.92 Å². The minimum Gasteiger partial charge on any atom is -0.391 e. The van der Waals surface area contributed by atoms with Gasteiger partial charge in [-0.3, -0.25) is 4.55 Å². The molecule has 1 heterocycles. The maximum absolute atomic E-state index is 10.6. The van der Waals surface area contributed by atoms with Gasteiger partial charge >= 0.3 is 10.3 Å². The van der Waals surface area contributed by atoms with Gasteiger partial charge in [0.15, 0.2) is 0 Å². The lowest BCUT2D eigenvalue weighted by atomic mass is 9.85. The Labute approximate surface area is 82.1 Å². The number of rotatable bonds is 2. The summed E-state index contributed by atoms with van der Waals surface area (Å²) in [7, 11) is -4.27. The van der Waals surface area contributed by atoms with Crippen molar-refractivity contribution in [3.05, 3.63) is 0 Å². The summed E-state index contributed by atoms with van der Waals surface area (Å²) in [5, 5.41) is 9.60. The number of hydrogen-bond acceptors (Lipinski definition) is 4. The second kappa shape index (κ2) is 3.42. The lowest BCUT2D eigenvalue weighted by Gasteiger charge is -2.31. The van der Waals surface area contributed by atoms with Crippen molar-refractivity contribution in [3.63, 3.8) is 0 Å². The Bertz CT molecular complexity index is 316. The first kappa shape index (κ1) is 10.3. The molecule has 3 N–H and O–H groups in total. The van der Waals surface area contributed by atoms with E-state index >= 15 is 0 Å². The number of hydrogen-bond donors (Lipinski definition) is 3. The van der Waals surface area contributed by atoms with Crippen molar-refractivity contribution < 1.29 is 22.8 Å². The molecule has 14 heavy (non-hydrogen) atoms. The highest BCUT2D eigenvalue weighted by atomic mass is 32.2. The van der Waals surface area contributed by atoms with E-state index in [1.165, 1.54) is 0 Å². The minimum atomic E-state index is -4.27. The number of aliphatic hydroxyl groups is 1. The van der Waals surface area contributed by atoms with Gasteiger partial charge in [-0.15, -0.1) is 0 Å². The molecule has 2 bridgehead atoms. The zero-order chi connectivity index (χ0) is 10.3. The van der Waals surface area contributed by atoms with E-state index < -0.39 is 22.4 Å². The third-order valence-corrected chi connectivity index (χ3v) is 3.36. The van der Waals surface area contributed by atoms with Crippen molar-refractivity contribution in [1.29, 1.82) is 0 Å². The first-order chi connectivity index (χ1) is 6.46. The van der Waals surface area contributed by atoms with Gasteiger partial charge in [-0.2, -0.15) is 13.1 Å². The molecule has 0 aromatic heterocycles. The Morgan fingerprint density at radius 2 is 2.07 bits per heavy atom. The number of nitrogens with one attached hydrogen (secondary N) is 1. The molecule has 1 aliphatic heterocycles. The minimum absolute atomic E-state index is 0.314. The fourth-order valence-electron chi connectivity index (χ4n) is 2.20. The topological polar surface area (TPSA) is 95.9 Å². The fourth-order valence-corrected chi connectivity index (χ4v) is 2.85. The molecule has 0 aromatic rings. The molecule has 2 unspecified atom stereocenters. The normalized spacial score (nSPS) is 42.7. The van der Waals surface area contributed by atoms with Gasteiger partial charge in [0, 0.05) is 0 Å². The molecule has 1 saturated carbocycles. The highest BCUT2D eigenvalue weighted by molar-refractivity contribution is 7.83. The van der Waals surface area contributed by atoms with Crippen molar-refractivity contribution in [1.82, 2.24) is 4.72 Å². The number of aliphatic hydroxyl groups excluding tert-OH is 1. The molecular weight excluding hydrogens is 210 g/mol. The van der Waals surface area contributed by atoms with E-state index in [9.17, 15) is 13.5 Å². The zero-order valence-corrected chi connectivity index (χ0v) is 8.27. The lowest BCUT2D eigenvalue weighted by molar-refractivity contribution is 0.0272. The van der Waals surface area contributed by atoms with E-state index in [0.29, 0.717) is 18.9 Å².